The molecule has 0 aliphatic rings. The number of rotatable bonds is 2. The average Bonchev–Trinajstić information content (AvgIpc) is 2.32. The molecule has 0 radical (unpaired) electrons. The normalized spacial score (nSPS) is 11.1. The van der Waals surface area contributed by atoms with Crippen LogP contribution in [0.4, 0.5) is 10.1 Å². The third-order valence-electron chi connectivity index (χ3n) is 2.22. The Labute approximate surface area is 113 Å². The van der Waals surface area contributed by atoms with Crippen LogP contribution in [0.5, 0.6) is 5.75 Å². The van der Waals surface area contributed by atoms with Gasteiger partial charge in [0.2, 0.25) is 0 Å². The summed E-state index contributed by atoms with van der Waals surface area (Å²) in [7, 11) is 0. The molecule has 2 aromatic rings. The highest BCUT2D eigenvalue weighted by Gasteiger charge is 2.05. The maximum atomic E-state index is 12.9. The molecule has 0 amide bonds. The molecule has 0 unspecified atom stereocenters. The van der Waals surface area contributed by atoms with Crippen LogP contribution in [0.25, 0.3) is 0 Å². The molecule has 0 aromatic heterocycles. The third-order valence-corrected chi connectivity index (χ3v) is 2.72. The Kier molecular flexibility index (Phi) is 3.84. The van der Waals surface area contributed by atoms with E-state index in [4.69, 9.17) is 23.2 Å². The van der Waals surface area contributed by atoms with Crippen molar-refractivity contribution >= 4 is 35.1 Å². The molecule has 0 aliphatic heterocycles. The van der Waals surface area contributed by atoms with E-state index in [1.807, 2.05) is 0 Å². The molecule has 2 nitrogen and oxygen atoms in total. The summed E-state index contributed by atoms with van der Waals surface area (Å²) in [5.74, 6) is -0.487. The molecule has 0 bridgehead atoms. The van der Waals surface area contributed by atoms with Crippen LogP contribution < -0.4 is 0 Å². The first-order valence-electron chi connectivity index (χ1n) is 5.04. The zero-order chi connectivity index (χ0) is 13.1. The number of phenolic OH excluding ortho intramolecular Hbond substituents is 1. The van der Waals surface area contributed by atoms with E-state index < -0.39 is 0 Å². The number of aromatic hydroxyl groups is 1. The number of hydrogen-bond acceptors (Lipinski definition) is 2. The summed E-state index contributed by atoms with van der Waals surface area (Å²) in [5, 5.41) is 10.2. The lowest BCUT2D eigenvalue weighted by Crippen LogP contribution is -1.84. The predicted molar refractivity (Wildman–Crippen MR) is 71.8 cm³/mol. The van der Waals surface area contributed by atoms with Gasteiger partial charge >= 0.3 is 0 Å². The minimum atomic E-state index is -0.377. The first-order valence-corrected chi connectivity index (χ1v) is 5.79. The van der Waals surface area contributed by atoms with Crippen LogP contribution in [0.15, 0.2) is 41.4 Å². The molecule has 2 aromatic carbocycles. The van der Waals surface area contributed by atoms with Crippen molar-refractivity contribution < 1.29 is 9.50 Å². The van der Waals surface area contributed by atoms with Crippen LogP contribution >= 0.6 is 23.2 Å². The van der Waals surface area contributed by atoms with Crippen molar-refractivity contribution in [1.82, 2.24) is 0 Å². The van der Waals surface area contributed by atoms with Gasteiger partial charge in [-0.3, -0.25) is 4.99 Å². The van der Waals surface area contributed by atoms with Crippen LogP contribution in [0.3, 0.4) is 0 Å². The Balaban J connectivity index is 2.34. The molecule has 18 heavy (non-hydrogen) atoms. The molecular formula is C13H8Cl2FNO. The van der Waals surface area contributed by atoms with Crippen molar-refractivity contribution in [2.75, 3.05) is 0 Å². The molecule has 0 saturated heterocycles. The Morgan fingerprint density at radius 2 is 1.94 bits per heavy atom. The highest BCUT2D eigenvalue weighted by molar-refractivity contribution is 6.36. The second-order valence-corrected chi connectivity index (χ2v) is 4.41. The molecule has 0 saturated carbocycles. The van der Waals surface area contributed by atoms with Gasteiger partial charge in [0.1, 0.15) is 11.6 Å². The van der Waals surface area contributed by atoms with Gasteiger partial charge in [0.05, 0.1) is 10.7 Å². The fraction of sp³-hybridized carbons (Fsp3) is 0. The maximum absolute atomic E-state index is 12.9. The molecule has 5 heteroatoms. The van der Waals surface area contributed by atoms with E-state index in [9.17, 15) is 9.50 Å². The Bertz CT molecular complexity index is 614. The van der Waals surface area contributed by atoms with E-state index in [0.29, 0.717) is 16.3 Å². The maximum Gasteiger partial charge on any atom is 0.143 e. The summed E-state index contributed by atoms with van der Waals surface area (Å²) >= 11 is 11.6. The molecule has 0 spiro atoms. The van der Waals surface area contributed by atoms with Crippen LogP contribution in [-0.2, 0) is 0 Å². The van der Waals surface area contributed by atoms with Crippen LogP contribution in [0.1, 0.15) is 5.56 Å². The predicted octanol–water partition coefficient (Wildman–Crippen LogP) is 4.59. The Hall–Kier alpha value is -1.58. The number of aliphatic imine (C=N–C) groups is 1. The second-order valence-electron chi connectivity index (χ2n) is 3.56. The highest BCUT2D eigenvalue weighted by Crippen LogP contribution is 2.30. The zero-order valence-corrected chi connectivity index (χ0v) is 10.6. The molecule has 2 rings (SSSR count). The Morgan fingerprint density at radius 1 is 1.17 bits per heavy atom. The lowest BCUT2D eigenvalue weighted by Gasteiger charge is -2.02. The van der Waals surface area contributed by atoms with Gasteiger partial charge in [-0.1, -0.05) is 29.3 Å². The first-order chi connectivity index (χ1) is 8.56. The van der Waals surface area contributed by atoms with Gasteiger partial charge in [-0.05, 0) is 30.3 Å². The highest BCUT2D eigenvalue weighted by atomic mass is 35.5. The summed E-state index contributed by atoms with van der Waals surface area (Å²) < 4.78 is 12.9. The Morgan fingerprint density at radius 3 is 2.67 bits per heavy atom. The monoisotopic (exact) mass is 283 g/mol. The van der Waals surface area contributed by atoms with Gasteiger partial charge in [-0.2, -0.15) is 0 Å². The van der Waals surface area contributed by atoms with Gasteiger partial charge < -0.3 is 5.11 Å². The van der Waals surface area contributed by atoms with Crippen LogP contribution in [0, 0.1) is 5.82 Å². The number of halogens is 3. The van der Waals surface area contributed by atoms with Crippen LogP contribution in [0.2, 0.25) is 10.0 Å². The van der Waals surface area contributed by atoms with Gasteiger partial charge in [-0.25, -0.2) is 4.39 Å². The van der Waals surface area contributed by atoms with Gasteiger partial charge in [-0.15, -0.1) is 0 Å². The lowest BCUT2D eigenvalue weighted by atomic mass is 10.2. The zero-order valence-electron chi connectivity index (χ0n) is 9.07. The van der Waals surface area contributed by atoms with E-state index in [-0.39, 0.29) is 16.6 Å². The SMILES string of the molecule is Oc1c(Cl)cc(Cl)cc1C=Nc1cccc(F)c1. The quantitative estimate of drug-likeness (QED) is 0.804. The first kappa shape index (κ1) is 12.9. The second kappa shape index (κ2) is 5.38. The van der Waals surface area contributed by atoms with E-state index in [0.717, 1.165) is 0 Å². The smallest absolute Gasteiger partial charge is 0.143 e. The molecule has 1 N–H and O–H groups in total. The standard InChI is InChI=1S/C13H8Cl2FNO/c14-9-4-8(13(18)12(15)5-9)7-17-11-3-1-2-10(16)6-11/h1-7,18H. The number of nitrogens with zero attached hydrogens (tertiary/aromatic N) is 1. The minimum Gasteiger partial charge on any atom is -0.506 e. The van der Waals surface area contributed by atoms with Gasteiger partial charge in [0.15, 0.2) is 0 Å². The molecule has 0 heterocycles. The summed E-state index contributed by atoms with van der Waals surface area (Å²) in [6, 6.07) is 8.74. The van der Waals surface area contributed by atoms with E-state index in [1.165, 1.54) is 30.5 Å². The topological polar surface area (TPSA) is 32.6 Å². The molecule has 0 aliphatic carbocycles. The average molecular weight is 284 g/mol. The summed E-state index contributed by atoms with van der Waals surface area (Å²) in [6.45, 7) is 0. The van der Waals surface area contributed by atoms with Crippen molar-refractivity contribution in [3.63, 3.8) is 0 Å². The third kappa shape index (κ3) is 3.00. The number of benzene rings is 2. The van der Waals surface area contributed by atoms with Gasteiger partial charge in [0.25, 0.3) is 0 Å². The van der Waals surface area contributed by atoms with Crippen molar-refractivity contribution in [2.45, 2.75) is 0 Å². The summed E-state index contributed by atoms with van der Waals surface area (Å²) in [5.41, 5.74) is 0.808. The largest absolute Gasteiger partial charge is 0.506 e. The molecule has 0 fully saturated rings. The van der Waals surface area contributed by atoms with Crippen molar-refractivity contribution in [2.24, 2.45) is 4.99 Å². The van der Waals surface area contributed by atoms with Crippen molar-refractivity contribution in [3.8, 4) is 5.75 Å². The number of phenols is 1. The summed E-state index contributed by atoms with van der Waals surface area (Å²) in [6.07, 6.45) is 1.38. The molecular weight excluding hydrogens is 276 g/mol. The van der Waals surface area contributed by atoms with Gasteiger partial charge in [0, 0.05) is 16.8 Å². The fourth-order valence-electron chi connectivity index (χ4n) is 1.38. The molecule has 0 atom stereocenters. The molecule has 92 valence electrons. The van der Waals surface area contributed by atoms with E-state index in [1.54, 1.807) is 12.1 Å². The summed E-state index contributed by atoms with van der Waals surface area (Å²) in [4.78, 5) is 4.04. The minimum absolute atomic E-state index is 0.110. The van der Waals surface area contributed by atoms with Crippen LogP contribution in [-0.4, -0.2) is 11.3 Å². The van der Waals surface area contributed by atoms with Crippen molar-refractivity contribution in [3.05, 3.63) is 57.8 Å². The van der Waals surface area contributed by atoms with Crippen molar-refractivity contribution in [1.29, 1.82) is 0 Å². The fourth-order valence-corrected chi connectivity index (χ4v) is 1.89. The lowest BCUT2D eigenvalue weighted by molar-refractivity contribution is 0.475. The van der Waals surface area contributed by atoms with E-state index in [2.05, 4.69) is 4.99 Å². The van der Waals surface area contributed by atoms with E-state index >= 15 is 0 Å². The number of hydrogen-bond donors (Lipinski definition) is 1.